The summed E-state index contributed by atoms with van der Waals surface area (Å²) in [7, 11) is 0. The number of aromatic nitrogens is 6. The second kappa shape index (κ2) is 9.79. The molecule has 1 aliphatic heterocycles. The Morgan fingerprint density at radius 3 is 2.72 bits per heavy atom. The summed E-state index contributed by atoms with van der Waals surface area (Å²) >= 11 is 0. The molecule has 1 fully saturated rings. The molecule has 4 aromatic heterocycles. The lowest BCUT2D eigenvalue weighted by molar-refractivity contribution is 0.0738. The molecule has 1 aromatic carbocycles. The molecule has 0 atom stereocenters. The maximum Gasteiger partial charge on any atom is 0.278 e. The van der Waals surface area contributed by atoms with Crippen molar-refractivity contribution in [2.24, 2.45) is 0 Å². The van der Waals surface area contributed by atoms with Gasteiger partial charge >= 0.3 is 0 Å². The van der Waals surface area contributed by atoms with E-state index in [9.17, 15) is 9.90 Å². The first kappa shape index (κ1) is 25.0. The normalized spacial score (nSPS) is 14.1. The number of nitrogens with one attached hydrogen (secondary N) is 1. The van der Waals surface area contributed by atoms with Crippen molar-refractivity contribution < 1.29 is 5.11 Å². The zero-order valence-electron chi connectivity index (χ0n) is 22.2. The van der Waals surface area contributed by atoms with Gasteiger partial charge < -0.3 is 19.9 Å². The van der Waals surface area contributed by atoms with Crippen LogP contribution in [0.2, 0.25) is 0 Å². The molecule has 0 radical (unpaired) electrons. The zero-order valence-corrected chi connectivity index (χ0v) is 22.2. The van der Waals surface area contributed by atoms with Gasteiger partial charge in [-0.05, 0) is 69.8 Å². The quantitative estimate of drug-likeness (QED) is 0.283. The molecular formula is C29H32N8O2. The Hall–Kier alpha value is -4.28. The molecule has 0 bridgehead atoms. The van der Waals surface area contributed by atoms with Crippen LogP contribution in [0.5, 0.6) is 0 Å². The minimum absolute atomic E-state index is 0.243. The van der Waals surface area contributed by atoms with Gasteiger partial charge in [-0.3, -0.25) is 4.79 Å². The molecule has 0 saturated carbocycles. The summed E-state index contributed by atoms with van der Waals surface area (Å²) in [5.74, 6) is 0.830. The van der Waals surface area contributed by atoms with E-state index in [0.29, 0.717) is 28.5 Å². The van der Waals surface area contributed by atoms with Gasteiger partial charge in [0.05, 0.1) is 12.2 Å². The van der Waals surface area contributed by atoms with E-state index < -0.39 is 5.60 Å². The molecule has 1 aliphatic rings. The molecule has 0 aliphatic carbocycles. The Bertz CT molecular complexity index is 1740. The van der Waals surface area contributed by atoms with E-state index in [2.05, 4.69) is 55.7 Å². The molecule has 0 amide bonds. The van der Waals surface area contributed by atoms with Crippen molar-refractivity contribution in [2.45, 2.75) is 39.0 Å². The number of rotatable bonds is 9. The molecule has 10 nitrogen and oxygen atoms in total. The largest absolute Gasteiger partial charge is 0.384 e. The van der Waals surface area contributed by atoms with Crippen molar-refractivity contribution in [3.05, 3.63) is 83.6 Å². The second-order valence-corrected chi connectivity index (χ2v) is 10.5. The molecule has 0 unspecified atom stereocenters. The number of hydrogen-bond donors (Lipinski definition) is 2. The van der Waals surface area contributed by atoms with Crippen molar-refractivity contribution in [1.82, 2.24) is 33.8 Å². The summed E-state index contributed by atoms with van der Waals surface area (Å²) < 4.78 is 5.46. The first-order chi connectivity index (χ1) is 18.8. The lowest BCUT2D eigenvalue weighted by Crippen LogP contribution is -2.39. The number of allylic oxidation sites excluding steroid dienone is 1. The molecule has 0 spiro atoms. The van der Waals surface area contributed by atoms with Gasteiger partial charge in [-0.15, -0.1) is 6.58 Å². The fraction of sp³-hybridized carbons (Fsp3) is 0.310. The molecule has 39 heavy (non-hydrogen) atoms. The average Bonchev–Trinajstić information content (AvgIpc) is 3.41. The monoisotopic (exact) mass is 524 g/mol. The van der Waals surface area contributed by atoms with Crippen molar-refractivity contribution >= 4 is 33.6 Å². The Morgan fingerprint density at radius 1 is 1.13 bits per heavy atom. The average molecular weight is 525 g/mol. The first-order valence-corrected chi connectivity index (χ1v) is 13.2. The predicted octanol–water partition coefficient (Wildman–Crippen LogP) is 3.79. The first-order valence-electron chi connectivity index (χ1n) is 13.2. The minimum atomic E-state index is -1.14. The fourth-order valence-electron chi connectivity index (χ4n) is 4.95. The number of nitrogens with zero attached hydrogens (tertiary/aromatic N) is 7. The number of aliphatic hydroxyl groups is 1. The van der Waals surface area contributed by atoms with Crippen molar-refractivity contribution in [2.75, 3.05) is 25.0 Å². The lowest BCUT2D eigenvalue weighted by Gasteiger charge is -2.30. The molecular weight excluding hydrogens is 492 g/mol. The molecule has 1 saturated heterocycles. The van der Waals surface area contributed by atoms with Crippen LogP contribution in [0.4, 0.5) is 11.6 Å². The molecule has 5 heterocycles. The highest BCUT2D eigenvalue weighted by atomic mass is 16.3. The zero-order chi connectivity index (χ0) is 27.1. The van der Waals surface area contributed by atoms with Gasteiger partial charge in [0.1, 0.15) is 11.0 Å². The molecule has 10 heteroatoms. The van der Waals surface area contributed by atoms with E-state index in [1.54, 1.807) is 42.8 Å². The summed E-state index contributed by atoms with van der Waals surface area (Å²) in [4.78, 5) is 29.5. The van der Waals surface area contributed by atoms with Crippen LogP contribution in [-0.4, -0.2) is 58.5 Å². The van der Waals surface area contributed by atoms with Crippen LogP contribution in [0.1, 0.15) is 26.0 Å². The summed E-state index contributed by atoms with van der Waals surface area (Å²) in [6.45, 7) is 11.8. The van der Waals surface area contributed by atoms with E-state index in [1.807, 2.05) is 6.07 Å². The highest BCUT2D eigenvalue weighted by molar-refractivity contribution is 5.85. The van der Waals surface area contributed by atoms with E-state index in [-0.39, 0.29) is 12.1 Å². The van der Waals surface area contributed by atoms with Crippen LogP contribution in [-0.2, 0) is 18.7 Å². The molecule has 2 N–H and O–H groups in total. The van der Waals surface area contributed by atoms with Crippen molar-refractivity contribution in [1.29, 1.82) is 0 Å². The van der Waals surface area contributed by atoms with Gasteiger partial charge in [-0.1, -0.05) is 12.1 Å². The van der Waals surface area contributed by atoms with Crippen LogP contribution in [0.25, 0.3) is 27.8 Å². The number of hydrogen-bond acceptors (Lipinski definition) is 7. The molecule has 6 rings (SSSR count). The van der Waals surface area contributed by atoms with Crippen molar-refractivity contribution in [3.63, 3.8) is 0 Å². The van der Waals surface area contributed by atoms with Gasteiger partial charge in [-0.2, -0.15) is 4.98 Å². The standard InChI is InChI=1S/C29H32N8O2/c1-4-12-36-27(38)22-19-30-28(33-26(22)37(36)25-8-5-7-24(32-25)29(2,3)39)31-21-9-10-23-20(18-21)11-15-35(23)17-16-34-13-6-14-34/h4-5,7-11,15,18-19,39H,1,6,12-14,16-17H2,2-3H3,(H,30,31,33). The van der Waals surface area contributed by atoms with Gasteiger partial charge in [0.25, 0.3) is 5.56 Å². The minimum Gasteiger partial charge on any atom is -0.384 e. The SMILES string of the molecule is C=CCn1c(=O)c2cnc(Nc3ccc4c(ccn4CCN4CCC4)c3)nc2n1-c1cccc(C(C)(C)O)n1. The van der Waals surface area contributed by atoms with E-state index in [1.165, 1.54) is 35.9 Å². The predicted molar refractivity (Wildman–Crippen MR) is 153 cm³/mol. The van der Waals surface area contributed by atoms with Crippen LogP contribution < -0.4 is 10.9 Å². The van der Waals surface area contributed by atoms with Crippen molar-refractivity contribution in [3.8, 4) is 5.82 Å². The van der Waals surface area contributed by atoms with Crippen LogP contribution >= 0.6 is 0 Å². The Labute approximate surface area is 225 Å². The highest BCUT2D eigenvalue weighted by Gasteiger charge is 2.22. The molecule has 200 valence electrons. The van der Waals surface area contributed by atoms with Gasteiger partial charge in [0, 0.05) is 42.1 Å². The van der Waals surface area contributed by atoms with Gasteiger partial charge in [-0.25, -0.2) is 19.3 Å². The second-order valence-electron chi connectivity index (χ2n) is 10.5. The summed E-state index contributed by atoms with van der Waals surface area (Å²) in [6.07, 6.45) is 6.61. The molecule has 5 aromatic rings. The van der Waals surface area contributed by atoms with Crippen LogP contribution in [0, 0.1) is 0 Å². The van der Waals surface area contributed by atoms with E-state index >= 15 is 0 Å². The number of pyridine rings is 1. The van der Waals surface area contributed by atoms with E-state index in [4.69, 9.17) is 4.98 Å². The smallest absolute Gasteiger partial charge is 0.278 e. The summed E-state index contributed by atoms with van der Waals surface area (Å²) in [5, 5.41) is 15.3. The maximum absolute atomic E-state index is 13.2. The van der Waals surface area contributed by atoms with Gasteiger partial charge in [0.2, 0.25) is 5.95 Å². The lowest BCUT2D eigenvalue weighted by atomic mass is 10.1. The summed E-state index contributed by atoms with van der Waals surface area (Å²) in [6, 6.07) is 13.7. The third-order valence-electron chi connectivity index (χ3n) is 7.19. The van der Waals surface area contributed by atoms with Crippen LogP contribution in [0.15, 0.2) is 72.3 Å². The Morgan fingerprint density at radius 2 is 1.97 bits per heavy atom. The maximum atomic E-state index is 13.2. The number of anilines is 2. The van der Waals surface area contributed by atoms with Gasteiger partial charge in [0.15, 0.2) is 11.5 Å². The fourth-order valence-corrected chi connectivity index (χ4v) is 4.95. The third kappa shape index (κ3) is 4.73. The topological polar surface area (TPSA) is 106 Å². The number of likely N-dealkylation sites (tertiary alicyclic amines) is 1. The number of benzene rings is 1. The van der Waals surface area contributed by atoms with Crippen LogP contribution in [0.3, 0.4) is 0 Å². The summed E-state index contributed by atoms with van der Waals surface area (Å²) in [5.41, 5.74) is 1.55. The number of fused-ring (bicyclic) bond motifs is 2. The van der Waals surface area contributed by atoms with E-state index in [0.717, 1.165) is 24.2 Å². The third-order valence-corrected chi connectivity index (χ3v) is 7.19. The Balaban J connectivity index is 1.35. The highest BCUT2D eigenvalue weighted by Crippen LogP contribution is 2.24. The Kier molecular flexibility index (Phi) is 6.28.